The van der Waals surface area contributed by atoms with E-state index < -0.39 is 4.92 Å². The second-order valence-electron chi connectivity index (χ2n) is 6.61. The summed E-state index contributed by atoms with van der Waals surface area (Å²) >= 11 is 1.37. The zero-order chi connectivity index (χ0) is 22.4. The van der Waals surface area contributed by atoms with Crippen LogP contribution in [0.3, 0.4) is 0 Å². The van der Waals surface area contributed by atoms with Crippen LogP contribution in [0.15, 0.2) is 64.0 Å². The van der Waals surface area contributed by atoms with Crippen LogP contribution in [0, 0.1) is 17.0 Å². The topological polar surface area (TPSA) is 127 Å². The van der Waals surface area contributed by atoms with Crippen LogP contribution in [0.1, 0.15) is 29.5 Å². The highest BCUT2D eigenvalue weighted by molar-refractivity contribution is 8.00. The monoisotopic (exact) mass is 440 g/mol. The number of aryl methyl sites for hydroxylation is 1. The van der Waals surface area contributed by atoms with E-state index in [2.05, 4.69) is 15.8 Å². The van der Waals surface area contributed by atoms with Crippen LogP contribution in [0.5, 0.6) is 0 Å². The number of thioether (sulfide) groups is 1. The lowest BCUT2D eigenvalue weighted by Crippen LogP contribution is -2.24. The van der Waals surface area contributed by atoms with Crippen LogP contribution in [-0.2, 0) is 4.79 Å². The lowest BCUT2D eigenvalue weighted by atomic mass is 10.2. The number of aromatic nitrogens is 1. The number of amides is 2. The Kier molecular flexibility index (Phi) is 7.03. The van der Waals surface area contributed by atoms with Crippen molar-refractivity contribution in [1.82, 2.24) is 5.16 Å². The van der Waals surface area contributed by atoms with Gasteiger partial charge in [-0.1, -0.05) is 18.1 Å². The number of benzene rings is 2. The van der Waals surface area contributed by atoms with Crippen molar-refractivity contribution < 1.29 is 19.0 Å². The Labute approximate surface area is 182 Å². The van der Waals surface area contributed by atoms with Gasteiger partial charge in [0.1, 0.15) is 5.76 Å². The number of nitro groups is 1. The summed E-state index contributed by atoms with van der Waals surface area (Å²) in [5.41, 5.74) is 0.771. The first-order valence-electron chi connectivity index (χ1n) is 9.42. The van der Waals surface area contributed by atoms with Gasteiger partial charge in [-0.3, -0.25) is 19.7 Å². The van der Waals surface area contributed by atoms with Gasteiger partial charge in [-0.25, -0.2) is 0 Å². The van der Waals surface area contributed by atoms with E-state index in [1.54, 1.807) is 31.2 Å². The number of nitrogens with zero attached hydrogens (tertiary/aromatic N) is 2. The number of rotatable bonds is 8. The molecule has 0 aliphatic rings. The highest BCUT2D eigenvalue weighted by Crippen LogP contribution is 2.29. The highest BCUT2D eigenvalue weighted by atomic mass is 32.2. The number of nitro benzene ring substituents is 1. The fraction of sp³-hybridized carbons (Fsp3) is 0.190. The molecule has 0 spiro atoms. The summed E-state index contributed by atoms with van der Waals surface area (Å²) in [6.45, 7) is 3.65. The maximum absolute atomic E-state index is 12.5. The van der Waals surface area contributed by atoms with Crippen LogP contribution >= 0.6 is 11.8 Å². The molecule has 1 aromatic heterocycles. The van der Waals surface area contributed by atoms with Crippen LogP contribution in [-0.4, -0.2) is 27.1 Å². The Morgan fingerprint density at radius 3 is 2.52 bits per heavy atom. The van der Waals surface area contributed by atoms with Crippen molar-refractivity contribution in [3.8, 4) is 0 Å². The molecule has 0 bridgehead atoms. The summed E-state index contributed by atoms with van der Waals surface area (Å²) in [7, 11) is 0. The lowest BCUT2D eigenvalue weighted by Gasteiger charge is -2.14. The summed E-state index contributed by atoms with van der Waals surface area (Å²) in [6, 6.07) is 14.1. The standard InChI is InChI=1S/C21H20N4O5S/c1-3-18(21(27)23-19-11-13(2)30-24-19)31-17-6-4-5-15(12-17)22-20(26)14-7-9-16(10-8-14)25(28)29/h4-12,18H,3H2,1-2H3,(H,22,26)(H,23,24,27). The van der Waals surface area contributed by atoms with Crippen LogP contribution in [0.25, 0.3) is 0 Å². The quantitative estimate of drug-likeness (QED) is 0.296. The minimum absolute atomic E-state index is 0.0837. The molecule has 0 radical (unpaired) electrons. The van der Waals surface area contributed by atoms with Crippen molar-refractivity contribution in [3.63, 3.8) is 0 Å². The van der Waals surface area contributed by atoms with Gasteiger partial charge in [0, 0.05) is 34.3 Å². The summed E-state index contributed by atoms with van der Waals surface area (Å²) in [5, 5.41) is 19.6. The smallest absolute Gasteiger partial charge is 0.269 e. The van der Waals surface area contributed by atoms with Gasteiger partial charge in [-0.2, -0.15) is 0 Å². The highest BCUT2D eigenvalue weighted by Gasteiger charge is 2.19. The third-order valence-electron chi connectivity index (χ3n) is 4.25. The number of carbonyl (C=O) groups excluding carboxylic acids is 2. The maximum atomic E-state index is 12.5. The van der Waals surface area contributed by atoms with Crippen LogP contribution in [0.4, 0.5) is 17.2 Å². The predicted molar refractivity (Wildman–Crippen MR) is 117 cm³/mol. The van der Waals surface area contributed by atoms with Gasteiger partial charge in [0.15, 0.2) is 5.82 Å². The molecule has 3 aromatic rings. The minimum atomic E-state index is -0.521. The van der Waals surface area contributed by atoms with Gasteiger partial charge in [0.2, 0.25) is 5.91 Å². The van der Waals surface area contributed by atoms with Crippen molar-refractivity contribution in [2.75, 3.05) is 10.6 Å². The molecule has 10 heteroatoms. The maximum Gasteiger partial charge on any atom is 0.269 e. The number of hydrogen-bond donors (Lipinski definition) is 2. The Morgan fingerprint density at radius 2 is 1.90 bits per heavy atom. The third-order valence-corrected chi connectivity index (χ3v) is 5.61. The van der Waals surface area contributed by atoms with Gasteiger partial charge in [-0.15, -0.1) is 11.8 Å². The van der Waals surface area contributed by atoms with E-state index >= 15 is 0 Å². The van der Waals surface area contributed by atoms with Crippen molar-refractivity contribution in [2.45, 2.75) is 30.4 Å². The number of nitrogens with one attached hydrogen (secondary N) is 2. The first-order chi connectivity index (χ1) is 14.9. The zero-order valence-electron chi connectivity index (χ0n) is 16.8. The van der Waals surface area contributed by atoms with E-state index in [1.165, 1.54) is 36.0 Å². The average molecular weight is 440 g/mol. The lowest BCUT2D eigenvalue weighted by molar-refractivity contribution is -0.384. The molecule has 31 heavy (non-hydrogen) atoms. The molecule has 1 heterocycles. The summed E-state index contributed by atoms with van der Waals surface area (Å²) in [4.78, 5) is 36.0. The normalized spacial score (nSPS) is 11.5. The number of hydrogen-bond acceptors (Lipinski definition) is 7. The van der Waals surface area contributed by atoms with E-state index in [4.69, 9.17) is 4.52 Å². The molecular weight excluding hydrogens is 420 g/mol. The Morgan fingerprint density at radius 1 is 1.16 bits per heavy atom. The molecule has 9 nitrogen and oxygen atoms in total. The van der Waals surface area contributed by atoms with E-state index in [1.807, 2.05) is 13.0 Å². The second-order valence-corrected chi connectivity index (χ2v) is 7.89. The van der Waals surface area contributed by atoms with E-state index in [0.717, 1.165) is 4.90 Å². The molecule has 0 aliphatic heterocycles. The molecule has 2 N–H and O–H groups in total. The Balaban J connectivity index is 1.65. The Bertz CT molecular complexity index is 1100. The Hall–Kier alpha value is -3.66. The van der Waals surface area contributed by atoms with Crippen molar-refractivity contribution in [3.05, 3.63) is 76.0 Å². The molecule has 2 amide bonds. The van der Waals surface area contributed by atoms with Crippen molar-refractivity contribution >= 4 is 40.8 Å². The number of anilines is 2. The number of non-ortho nitro benzene ring substituents is 1. The van der Waals surface area contributed by atoms with Crippen molar-refractivity contribution in [1.29, 1.82) is 0 Å². The van der Waals surface area contributed by atoms with E-state index in [0.29, 0.717) is 29.2 Å². The van der Waals surface area contributed by atoms with Gasteiger partial charge in [0.05, 0.1) is 10.2 Å². The molecule has 3 rings (SSSR count). The van der Waals surface area contributed by atoms with Crippen LogP contribution in [0.2, 0.25) is 0 Å². The van der Waals surface area contributed by atoms with E-state index in [-0.39, 0.29) is 22.8 Å². The first-order valence-corrected chi connectivity index (χ1v) is 10.3. The first kappa shape index (κ1) is 22.0. The molecule has 0 saturated carbocycles. The van der Waals surface area contributed by atoms with Crippen LogP contribution < -0.4 is 10.6 Å². The largest absolute Gasteiger partial charge is 0.360 e. The fourth-order valence-electron chi connectivity index (χ4n) is 2.70. The fourth-order valence-corrected chi connectivity index (χ4v) is 3.72. The van der Waals surface area contributed by atoms with E-state index in [9.17, 15) is 19.7 Å². The molecule has 2 aromatic carbocycles. The minimum Gasteiger partial charge on any atom is -0.360 e. The second kappa shape index (κ2) is 9.90. The summed E-state index contributed by atoms with van der Waals surface area (Å²) in [6.07, 6.45) is 0.590. The zero-order valence-corrected chi connectivity index (χ0v) is 17.6. The molecule has 1 atom stereocenters. The SMILES string of the molecule is CCC(Sc1cccc(NC(=O)c2ccc([N+](=O)[O-])cc2)c1)C(=O)Nc1cc(C)on1. The number of carbonyl (C=O) groups is 2. The van der Waals surface area contributed by atoms with Gasteiger partial charge < -0.3 is 15.2 Å². The molecule has 1 unspecified atom stereocenters. The van der Waals surface area contributed by atoms with Gasteiger partial charge in [0.25, 0.3) is 11.6 Å². The predicted octanol–water partition coefficient (Wildman–Crippen LogP) is 4.65. The molecule has 0 saturated heterocycles. The molecular formula is C21H20N4O5S. The average Bonchev–Trinajstić information content (AvgIpc) is 3.16. The van der Waals surface area contributed by atoms with Gasteiger partial charge >= 0.3 is 0 Å². The molecule has 0 aliphatic carbocycles. The van der Waals surface area contributed by atoms with Gasteiger partial charge in [-0.05, 0) is 43.7 Å². The summed E-state index contributed by atoms with van der Waals surface area (Å²) < 4.78 is 4.96. The molecule has 0 fully saturated rings. The summed E-state index contributed by atoms with van der Waals surface area (Å²) in [5.74, 6) is 0.391. The molecule has 160 valence electrons. The third kappa shape index (κ3) is 5.92. The van der Waals surface area contributed by atoms with Crippen molar-refractivity contribution in [2.24, 2.45) is 0 Å².